The number of likely N-dealkylation sites (tertiary alicyclic amines) is 1. The number of hydrogen-bond donors (Lipinski definition) is 1. The molecule has 1 heterocycles. The molecule has 0 aromatic heterocycles. The molecular weight excluding hydrogens is 484 g/mol. The summed E-state index contributed by atoms with van der Waals surface area (Å²) in [6.45, 7) is -2.72. The van der Waals surface area contributed by atoms with Gasteiger partial charge in [0.15, 0.2) is 11.5 Å². The smallest absolute Gasteiger partial charge is 0.387 e. The summed E-state index contributed by atoms with van der Waals surface area (Å²) in [5.41, 5.74) is 0.762. The highest BCUT2D eigenvalue weighted by molar-refractivity contribution is 5.84. The number of amides is 2. The summed E-state index contributed by atoms with van der Waals surface area (Å²) in [5.74, 6) is -2.02. The third kappa shape index (κ3) is 6.19. The van der Waals surface area contributed by atoms with Crippen molar-refractivity contribution in [2.45, 2.75) is 44.4 Å². The second-order valence-corrected chi connectivity index (χ2v) is 8.86. The summed E-state index contributed by atoms with van der Waals surface area (Å²) in [5, 5.41) is 2.55. The van der Waals surface area contributed by atoms with E-state index in [1.165, 1.54) is 24.1 Å². The molecule has 0 spiro atoms. The first-order valence-electron chi connectivity index (χ1n) is 11.5. The highest BCUT2D eigenvalue weighted by Gasteiger charge is 2.41. The molecule has 1 unspecified atom stereocenters. The lowest BCUT2D eigenvalue weighted by molar-refractivity contribution is -0.144. The van der Waals surface area contributed by atoms with Gasteiger partial charge in [-0.05, 0) is 48.9 Å². The number of carbonyl (C=O) groups excluding carboxylic acids is 2. The van der Waals surface area contributed by atoms with Crippen molar-refractivity contribution in [1.82, 2.24) is 10.2 Å². The van der Waals surface area contributed by atoms with Gasteiger partial charge in [-0.3, -0.25) is 0 Å². The van der Waals surface area contributed by atoms with Crippen molar-refractivity contribution in [2.75, 3.05) is 20.3 Å². The Morgan fingerprint density at radius 2 is 1.89 bits per heavy atom. The number of urea groups is 1. The van der Waals surface area contributed by atoms with Gasteiger partial charge in [-0.2, -0.15) is 8.78 Å². The standard InChI is InChI=1S/C25H26F4N2O5/c1-34-23(32)20-8-17(12-31(20)25(33)30-11-16-4-6-18(26)10-19(16)27)15-5-7-21(36-24(28)29)22(9-15)35-13-14-2-3-14/h4-7,9-10,14,17,20,24H,2-3,8,11-13H2,1H3,(H,30,33)/t17?,20-/m0/s1. The average molecular weight is 510 g/mol. The van der Waals surface area contributed by atoms with Crippen LogP contribution in [0.4, 0.5) is 22.4 Å². The Hall–Kier alpha value is -3.50. The van der Waals surface area contributed by atoms with E-state index in [1.54, 1.807) is 12.1 Å². The minimum atomic E-state index is -3.01. The topological polar surface area (TPSA) is 77.1 Å². The van der Waals surface area contributed by atoms with Crippen LogP contribution in [0.15, 0.2) is 36.4 Å². The highest BCUT2D eigenvalue weighted by atomic mass is 19.3. The van der Waals surface area contributed by atoms with E-state index in [4.69, 9.17) is 9.47 Å². The van der Waals surface area contributed by atoms with Crippen LogP contribution in [0.3, 0.4) is 0 Å². The van der Waals surface area contributed by atoms with E-state index in [9.17, 15) is 27.2 Å². The third-order valence-electron chi connectivity index (χ3n) is 6.31. The highest BCUT2D eigenvalue weighted by Crippen LogP contribution is 2.39. The van der Waals surface area contributed by atoms with Crippen molar-refractivity contribution in [1.29, 1.82) is 0 Å². The summed E-state index contributed by atoms with van der Waals surface area (Å²) in [6, 6.07) is 6.06. The first kappa shape index (κ1) is 25.6. The van der Waals surface area contributed by atoms with Gasteiger partial charge in [-0.15, -0.1) is 0 Å². The number of nitrogens with zero attached hydrogens (tertiary/aromatic N) is 1. The van der Waals surface area contributed by atoms with Crippen molar-refractivity contribution >= 4 is 12.0 Å². The number of carbonyl (C=O) groups is 2. The van der Waals surface area contributed by atoms with Crippen LogP contribution in [0, 0.1) is 17.6 Å². The first-order valence-corrected chi connectivity index (χ1v) is 11.5. The van der Waals surface area contributed by atoms with Gasteiger partial charge in [0.05, 0.1) is 13.7 Å². The molecule has 1 saturated carbocycles. The second kappa shape index (κ2) is 11.0. The normalized spacial score (nSPS) is 19.3. The van der Waals surface area contributed by atoms with E-state index in [1.807, 2.05) is 0 Å². The third-order valence-corrected chi connectivity index (χ3v) is 6.31. The van der Waals surface area contributed by atoms with E-state index >= 15 is 0 Å². The van der Waals surface area contributed by atoms with Gasteiger partial charge in [-0.1, -0.05) is 12.1 Å². The van der Waals surface area contributed by atoms with E-state index in [0.717, 1.165) is 25.0 Å². The Bertz CT molecular complexity index is 1110. The SMILES string of the molecule is COC(=O)[C@@H]1CC(c2ccc(OC(F)F)c(OCC3CC3)c2)CN1C(=O)NCc1ccc(F)cc1F. The fourth-order valence-corrected chi connectivity index (χ4v) is 4.18. The molecule has 0 radical (unpaired) electrons. The lowest BCUT2D eigenvalue weighted by atomic mass is 9.96. The van der Waals surface area contributed by atoms with E-state index in [0.29, 0.717) is 18.1 Å². The van der Waals surface area contributed by atoms with Gasteiger partial charge in [0.2, 0.25) is 0 Å². The largest absolute Gasteiger partial charge is 0.489 e. The van der Waals surface area contributed by atoms with Crippen LogP contribution < -0.4 is 14.8 Å². The van der Waals surface area contributed by atoms with Crippen molar-refractivity contribution in [3.05, 3.63) is 59.2 Å². The van der Waals surface area contributed by atoms with Gasteiger partial charge >= 0.3 is 18.6 Å². The first-order chi connectivity index (χ1) is 17.2. The van der Waals surface area contributed by atoms with Crippen molar-refractivity contribution in [3.63, 3.8) is 0 Å². The van der Waals surface area contributed by atoms with Crippen molar-refractivity contribution < 1.29 is 41.4 Å². The predicted octanol–water partition coefficient (Wildman–Crippen LogP) is 4.60. The van der Waals surface area contributed by atoms with Gasteiger partial charge in [0, 0.05) is 30.6 Å². The number of nitrogens with one attached hydrogen (secondary N) is 1. The molecular formula is C25H26F4N2O5. The predicted molar refractivity (Wildman–Crippen MR) is 120 cm³/mol. The molecule has 194 valence electrons. The number of alkyl halides is 2. The van der Waals surface area contributed by atoms with Crippen LogP contribution in [0.1, 0.15) is 36.3 Å². The minimum Gasteiger partial charge on any atom is -0.489 e. The van der Waals surface area contributed by atoms with Crippen molar-refractivity contribution in [3.8, 4) is 11.5 Å². The molecule has 2 aromatic rings. The molecule has 1 aliphatic heterocycles. The molecule has 1 saturated heterocycles. The van der Waals surface area contributed by atoms with Crippen LogP contribution >= 0.6 is 0 Å². The Morgan fingerprint density at radius 1 is 1.11 bits per heavy atom. The number of rotatable bonds is 9. The van der Waals surface area contributed by atoms with E-state index < -0.39 is 36.3 Å². The van der Waals surface area contributed by atoms with Crippen LogP contribution in [-0.4, -0.2) is 49.8 Å². The zero-order chi connectivity index (χ0) is 25.8. The van der Waals surface area contributed by atoms with Gasteiger partial charge in [0.1, 0.15) is 17.7 Å². The summed E-state index contributed by atoms with van der Waals surface area (Å²) >= 11 is 0. The number of esters is 1. The quantitative estimate of drug-likeness (QED) is 0.394. The zero-order valence-electron chi connectivity index (χ0n) is 19.5. The fourth-order valence-electron chi connectivity index (χ4n) is 4.18. The Kier molecular flexibility index (Phi) is 7.85. The maximum absolute atomic E-state index is 13.9. The van der Waals surface area contributed by atoms with Crippen LogP contribution in [0.5, 0.6) is 11.5 Å². The van der Waals surface area contributed by atoms with E-state index in [2.05, 4.69) is 10.1 Å². The van der Waals surface area contributed by atoms with Crippen LogP contribution in [0.2, 0.25) is 0 Å². The molecule has 0 bridgehead atoms. The number of benzene rings is 2. The fraction of sp³-hybridized carbons (Fsp3) is 0.440. The molecule has 1 N–H and O–H groups in total. The summed E-state index contributed by atoms with van der Waals surface area (Å²) < 4.78 is 68.0. The number of hydrogen-bond acceptors (Lipinski definition) is 5. The van der Waals surface area contributed by atoms with Gasteiger partial charge in [-0.25, -0.2) is 18.4 Å². The molecule has 4 rings (SSSR count). The number of halogens is 4. The molecule has 1 aliphatic carbocycles. The minimum absolute atomic E-state index is 0.0854. The van der Waals surface area contributed by atoms with Crippen LogP contribution in [0.25, 0.3) is 0 Å². The number of methoxy groups -OCH3 is 1. The van der Waals surface area contributed by atoms with Gasteiger partial charge in [0.25, 0.3) is 0 Å². The average Bonchev–Trinajstić information content (AvgIpc) is 3.57. The monoisotopic (exact) mass is 510 g/mol. The Labute approximate surface area is 205 Å². The van der Waals surface area contributed by atoms with Crippen molar-refractivity contribution in [2.24, 2.45) is 5.92 Å². The Morgan fingerprint density at radius 3 is 2.56 bits per heavy atom. The summed E-state index contributed by atoms with van der Waals surface area (Å²) in [7, 11) is 1.21. The zero-order valence-corrected chi connectivity index (χ0v) is 19.5. The lowest BCUT2D eigenvalue weighted by Gasteiger charge is -2.23. The molecule has 2 aliphatic rings. The summed E-state index contributed by atoms with van der Waals surface area (Å²) in [4.78, 5) is 26.6. The molecule has 36 heavy (non-hydrogen) atoms. The molecule has 2 fully saturated rings. The maximum Gasteiger partial charge on any atom is 0.387 e. The van der Waals surface area contributed by atoms with Crippen LogP contribution in [-0.2, 0) is 16.1 Å². The molecule has 2 atom stereocenters. The van der Waals surface area contributed by atoms with E-state index in [-0.39, 0.29) is 42.5 Å². The molecule has 7 nitrogen and oxygen atoms in total. The second-order valence-electron chi connectivity index (χ2n) is 8.86. The maximum atomic E-state index is 13.9. The molecule has 11 heteroatoms. The molecule has 2 aromatic carbocycles. The van der Waals surface area contributed by atoms with Gasteiger partial charge < -0.3 is 24.4 Å². The lowest BCUT2D eigenvalue weighted by Crippen LogP contribution is -2.46. The molecule has 2 amide bonds. The Balaban J connectivity index is 1.50. The number of ether oxygens (including phenoxy) is 3. The summed E-state index contributed by atoms with van der Waals surface area (Å²) in [6.07, 6.45) is 2.25.